The van der Waals surface area contributed by atoms with Crippen LogP contribution in [0.3, 0.4) is 0 Å². The second-order valence-corrected chi connectivity index (χ2v) is 7.58. The number of hydrogen-bond donors (Lipinski definition) is 2. The zero-order valence-electron chi connectivity index (χ0n) is 14.9. The molecule has 1 aliphatic carbocycles. The van der Waals surface area contributed by atoms with Gasteiger partial charge in [0.1, 0.15) is 6.23 Å². The number of nitrogens with two attached hydrogens (primary N) is 1. The van der Waals surface area contributed by atoms with Crippen LogP contribution in [0, 0.1) is 5.92 Å². The van der Waals surface area contributed by atoms with Gasteiger partial charge in [-0.2, -0.15) is 0 Å². The van der Waals surface area contributed by atoms with Crippen molar-refractivity contribution < 1.29 is 14.6 Å². The van der Waals surface area contributed by atoms with Gasteiger partial charge in [0.05, 0.1) is 4.99 Å². The van der Waals surface area contributed by atoms with Gasteiger partial charge in [0.25, 0.3) is 0 Å². The minimum atomic E-state index is -0.981. The standard InChI is InChI=1S/C21H22N2O3S/c22-20(27)13-9-10-26-19(11-13)23(21(24)25)12-18-16-7-3-1-5-14(16)15-6-2-4-8-17(15)18/h1-8,13,18-19H,9-12H2,(H2,22,27)(H,24,25). The Morgan fingerprint density at radius 1 is 1.15 bits per heavy atom. The van der Waals surface area contributed by atoms with Crippen molar-refractivity contribution >= 4 is 23.3 Å². The van der Waals surface area contributed by atoms with E-state index >= 15 is 0 Å². The van der Waals surface area contributed by atoms with Crippen molar-refractivity contribution in [3.8, 4) is 11.1 Å². The molecule has 2 atom stereocenters. The van der Waals surface area contributed by atoms with Gasteiger partial charge in [-0.25, -0.2) is 4.79 Å². The van der Waals surface area contributed by atoms with Crippen LogP contribution < -0.4 is 5.73 Å². The number of carbonyl (C=O) groups is 1. The molecule has 27 heavy (non-hydrogen) atoms. The fourth-order valence-corrected chi connectivity index (χ4v) is 4.44. The number of hydrogen-bond acceptors (Lipinski definition) is 3. The van der Waals surface area contributed by atoms with Gasteiger partial charge in [0.15, 0.2) is 0 Å². The minimum Gasteiger partial charge on any atom is -0.465 e. The van der Waals surface area contributed by atoms with Crippen LogP contribution in [0.2, 0.25) is 0 Å². The molecule has 2 aromatic rings. The fourth-order valence-electron chi connectivity index (χ4n) is 4.22. The van der Waals surface area contributed by atoms with Crippen molar-refractivity contribution in [3.05, 3.63) is 59.7 Å². The average Bonchev–Trinajstić information content (AvgIpc) is 3.00. The van der Waals surface area contributed by atoms with E-state index < -0.39 is 12.3 Å². The Kier molecular flexibility index (Phi) is 4.85. The Hall–Kier alpha value is -2.44. The number of thiocarbonyl (C=S) groups is 1. The van der Waals surface area contributed by atoms with Crippen molar-refractivity contribution in [1.29, 1.82) is 0 Å². The van der Waals surface area contributed by atoms with Crippen LogP contribution >= 0.6 is 12.2 Å². The van der Waals surface area contributed by atoms with Gasteiger partial charge in [0.2, 0.25) is 0 Å². The van der Waals surface area contributed by atoms with Crippen molar-refractivity contribution in [3.63, 3.8) is 0 Å². The quantitative estimate of drug-likeness (QED) is 0.787. The molecule has 1 saturated heterocycles. The van der Waals surface area contributed by atoms with Gasteiger partial charge in [-0.1, -0.05) is 60.7 Å². The van der Waals surface area contributed by atoms with E-state index in [9.17, 15) is 9.90 Å². The summed E-state index contributed by atoms with van der Waals surface area (Å²) in [7, 11) is 0. The molecule has 0 spiro atoms. The molecular formula is C21H22N2O3S. The fraction of sp³-hybridized carbons (Fsp3) is 0.333. The van der Waals surface area contributed by atoms with Crippen LogP contribution in [-0.2, 0) is 4.74 Å². The zero-order valence-corrected chi connectivity index (χ0v) is 15.7. The van der Waals surface area contributed by atoms with E-state index in [0.29, 0.717) is 24.6 Å². The molecule has 6 heteroatoms. The van der Waals surface area contributed by atoms with Gasteiger partial charge in [0, 0.05) is 31.4 Å². The number of amides is 1. The maximum Gasteiger partial charge on any atom is 0.409 e. The van der Waals surface area contributed by atoms with E-state index in [-0.39, 0.29) is 11.8 Å². The lowest BCUT2D eigenvalue weighted by atomic mass is 9.94. The van der Waals surface area contributed by atoms with Crippen LogP contribution in [-0.4, -0.2) is 40.5 Å². The SMILES string of the molecule is NC(=S)C1CCOC(N(CC2c3ccccc3-c3ccccc32)C(=O)O)C1. The molecule has 1 fully saturated rings. The molecule has 0 radical (unpaired) electrons. The number of benzene rings is 2. The van der Waals surface area contributed by atoms with Crippen LogP contribution in [0.5, 0.6) is 0 Å². The second kappa shape index (κ2) is 7.29. The number of carboxylic acid groups (broad SMARTS) is 1. The molecular weight excluding hydrogens is 360 g/mol. The lowest BCUT2D eigenvalue weighted by Gasteiger charge is -2.37. The van der Waals surface area contributed by atoms with E-state index in [1.807, 2.05) is 24.3 Å². The third-order valence-electron chi connectivity index (χ3n) is 5.60. The molecule has 3 N–H and O–H groups in total. The third-order valence-corrected chi connectivity index (χ3v) is 5.93. The van der Waals surface area contributed by atoms with Crippen LogP contribution in [0.4, 0.5) is 4.79 Å². The van der Waals surface area contributed by atoms with E-state index in [4.69, 9.17) is 22.7 Å². The highest BCUT2D eigenvalue weighted by Crippen LogP contribution is 2.45. The molecule has 4 rings (SSSR count). The van der Waals surface area contributed by atoms with Crippen molar-refractivity contribution in [2.24, 2.45) is 11.7 Å². The lowest BCUT2D eigenvalue weighted by Crippen LogP contribution is -2.48. The number of fused-ring (bicyclic) bond motifs is 3. The summed E-state index contributed by atoms with van der Waals surface area (Å²) < 4.78 is 5.80. The topological polar surface area (TPSA) is 75.8 Å². The molecule has 5 nitrogen and oxygen atoms in total. The predicted molar refractivity (Wildman–Crippen MR) is 108 cm³/mol. The minimum absolute atomic E-state index is 0.0118. The molecule has 0 bridgehead atoms. The Balaban J connectivity index is 1.65. The monoisotopic (exact) mass is 382 g/mol. The van der Waals surface area contributed by atoms with Crippen LogP contribution in [0.1, 0.15) is 29.9 Å². The van der Waals surface area contributed by atoms with Crippen LogP contribution in [0.15, 0.2) is 48.5 Å². The van der Waals surface area contributed by atoms with Gasteiger partial charge in [-0.15, -0.1) is 0 Å². The number of nitrogens with zero attached hydrogens (tertiary/aromatic N) is 1. The summed E-state index contributed by atoms with van der Waals surface area (Å²) in [6, 6.07) is 16.4. The first-order valence-electron chi connectivity index (χ1n) is 9.15. The first-order chi connectivity index (χ1) is 13.1. The summed E-state index contributed by atoms with van der Waals surface area (Å²) in [6.45, 7) is 0.812. The van der Waals surface area contributed by atoms with E-state index in [0.717, 1.165) is 17.5 Å². The largest absolute Gasteiger partial charge is 0.465 e. The highest BCUT2D eigenvalue weighted by atomic mass is 32.1. The lowest BCUT2D eigenvalue weighted by molar-refractivity contribution is -0.0820. The van der Waals surface area contributed by atoms with Gasteiger partial charge in [-0.3, -0.25) is 4.90 Å². The summed E-state index contributed by atoms with van der Waals surface area (Å²) >= 11 is 5.12. The number of ether oxygens (including phenoxy) is 1. The first kappa shape index (κ1) is 17.9. The average molecular weight is 382 g/mol. The molecule has 2 unspecified atom stereocenters. The summed E-state index contributed by atoms with van der Waals surface area (Å²) in [6.07, 6.45) is -0.250. The van der Waals surface area contributed by atoms with Gasteiger partial charge < -0.3 is 15.6 Å². The normalized spacial score (nSPS) is 21.3. The molecule has 1 heterocycles. The van der Waals surface area contributed by atoms with Crippen molar-refractivity contribution in [2.75, 3.05) is 13.2 Å². The molecule has 140 valence electrons. The smallest absolute Gasteiger partial charge is 0.409 e. The Labute approximate surface area is 163 Å². The third kappa shape index (κ3) is 3.31. The van der Waals surface area contributed by atoms with E-state index in [2.05, 4.69) is 24.3 Å². The maximum absolute atomic E-state index is 12.1. The summed E-state index contributed by atoms with van der Waals surface area (Å²) in [5.41, 5.74) is 10.5. The zero-order chi connectivity index (χ0) is 19.0. The molecule has 0 aromatic heterocycles. The Bertz CT molecular complexity index is 840. The first-order valence-corrected chi connectivity index (χ1v) is 9.55. The molecule has 2 aliphatic rings. The maximum atomic E-state index is 12.1. The van der Waals surface area contributed by atoms with E-state index in [1.54, 1.807) is 0 Å². The summed E-state index contributed by atoms with van der Waals surface area (Å²) in [5.74, 6) is 0.00561. The molecule has 0 saturated carbocycles. The molecule has 1 aliphatic heterocycles. The molecule has 2 aromatic carbocycles. The van der Waals surface area contributed by atoms with Crippen molar-refractivity contribution in [1.82, 2.24) is 4.90 Å². The Morgan fingerprint density at radius 3 is 2.30 bits per heavy atom. The van der Waals surface area contributed by atoms with Gasteiger partial charge >= 0.3 is 6.09 Å². The Morgan fingerprint density at radius 2 is 1.74 bits per heavy atom. The van der Waals surface area contributed by atoms with Gasteiger partial charge in [-0.05, 0) is 28.7 Å². The van der Waals surface area contributed by atoms with Crippen LogP contribution in [0.25, 0.3) is 11.1 Å². The van der Waals surface area contributed by atoms with E-state index in [1.165, 1.54) is 16.0 Å². The summed E-state index contributed by atoms with van der Waals surface area (Å²) in [4.78, 5) is 13.9. The number of rotatable bonds is 4. The predicted octanol–water partition coefficient (Wildman–Crippen LogP) is 3.82. The van der Waals surface area contributed by atoms with Crippen molar-refractivity contribution in [2.45, 2.75) is 25.0 Å². The molecule has 1 amide bonds. The second-order valence-electron chi connectivity index (χ2n) is 7.11. The highest BCUT2D eigenvalue weighted by molar-refractivity contribution is 7.80. The highest BCUT2D eigenvalue weighted by Gasteiger charge is 2.36. The summed E-state index contributed by atoms with van der Waals surface area (Å²) in [5, 5.41) is 9.89.